The predicted octanol–water partition coefficient (Wildman–Crippen LogP) is 6.52. The number of anilines is 1. The SMILES string of the molecule is COc1cc(NC(=O)C(C)C(=O)O)ccc1Cl.COc1cc2nc(Cl)c(C)c(Cl)c2cc1Cl. The van der Waals surface area contributed by atoms with Crippen LogP contribution in [0.2, 0.25) is 20.2 Å². The van der Waals surface area contributed by atoms with Crippen LogP contribution >= 0.6 is 46.4 Å². The lowest BCUT2D eigenvalue weighted by Gasteiger charge is -2.10. The molecule has 1 aromatic heterocycles. The Kier molecular flexibility index (Phi) is 9.43. The van der Waals surface area contributed by atoms with Crippen molar-refractivity contribution in [3.63, 3.8) is 0 Å². The van der Waals surface area contributed by atoms with Gasteiger partial charge in [0.25, 0.3) is 0 Å². The summed E-state index contributed by atoms with van der Waals surface area (Å²) in [5, 5.41) is 13.8. The Morgan fingerprint density at radius 3 is 2.18 bits per heavy atom. The second-order valence-corrected chi connectivity index (χ2v) is 8.29. The quantitative estimate of drug-likeness (QED) is 0.286. The number of benzene rings is 2. The van der Waals surface area contributed by atoms with Gasteiger partial charge < -0.3 is 19.9 Å². The van der Waals surface area contributed by atoms with E-state index in [0.29, 0.717) is 42.9 Å². The Morgan fingerprint density at radius 2 is 1.61 bits per heavy atom. The molecule has 11 heteroatoms. The van der Waals surface area contributed by atoms with Gasteiger partial charge in [0.15, 0.2) is 0 Å². The van der Waals surface area contributed by atoms with Crippen LogP contribution in [0, 0.1) is 12.8 Å². The van der Waals surface area contributed by atoms with Gasteiger partial charge in [-0.2, -0.15) is 0 Å². The molecule has 0 saturated carbocycles. The smallest absolute Gasteiger partial charge is 0.315 e. The highest BCUT2D eigenvalue weighted by Gasteiger charge is 2.20. The van der Waals surface area contributed by atoms with E-state index in [1.807, 2.05) is 6.92 Å². The maximum absolute atomic E-state index is 11.5. The van der Waals surface area contributed by atoms with Crippen molar-refractivity contribution in [1.29, 1.82) is 0 Å². The highest BCUT2D eigenvalue weighted by atomic mass is 35.5. The van der Waals surface area contributed by atoms with E-state index in [2.05, 4.69) is 10.3 Å². The zero-order valence-electron chi connectivity index (χ0n) is 18.0. The number of hydrogen-bond acceptors (Lipinski definition) is 5. The largest absolute Gasteiger partial charge is 0.495 e. The number of carboxylic acid groups (broad SMARTS) is 1. The molecule has 1 atom stereocenters. The molecule has 0 aliphatic carbocycles. The zero-order valence-corrected chi connectivity index (χ0v) is 21.0. The number of carboxylic acids is 1. The summed E-state index contributed by atoms with van der Waals surface area (Å²) in [6.45, 7) is 3.13. The maximum Gasteiger partial charge on any atom is 0.315 e. The Labute approximate surface area is 210 Å². The fourth-order valence-electron chi connectivity index (χ4n) is 2.55. The molecule has 3 aromatic rings. The summed E-state index contributed by atoms with van der Waals surface area (Å²) in [6.07, 6.45) is 0. The Hall–Kier alpha value is -2.45. The van der Waals surface area contributed by atoms with Crippen LogP contribution in [-0.2, 0) is 9.59 Å². The van der Waals surface area contributed by atoms with Gasteiger partial charge in [-0.3, -0.25) is 9.59 Å². The van der Waals surface area contributed by atoms with E-state index in [1.54, 1.807) is 31.4 Å². The fourth-order valence-corrected chi connectivity index (χ4v) is 3.46. The lowest BCUT2D eigenvalue weighted by molar-refractivity contribution is -0.144. The number of pyridine rings is 1. The van der Waals surface area contributed by atoms with E-state index in [-0.39, 0.29) is 0 Å². The van der Waals surface area contributed by atoms with Crippen LogP contribution in [0.25, 0.3) is 10.9 Å². The summed E-state index contributed by atoms with van der Waals surface area (Å²) in [6, 6.07) is 8.09. The van der Waals surface area contributed by atoms with Crippen LogP contribution < -0.4 is 14.8 Å². The van der Waals surface area contributed by atoms with Crippen molar-refractivity contribution in [2.75, 3.05) is 19.5 Å². The Morgan fingerprint density at radius 1 is 1.00 bits per heavy atom. The van der Waals surface area contributed by atoms with E-state index in [1.165, 1.54) is 20.1 Å². The molecule has 3 rings (SSSR count). The third kappa shape index (κ3) is 6.54. The normalized spacial score (nSPS) is 11.3. The molecule has 0 saturated heterocycles. The monoisotopic (exact) mass is 532 g/mol. The molecule has 33 heavy (non-hydrogen) atoms. The first-order chi connectivity index (χ1) is 15.5. The standard InChI is InChI=1S/C11H8Cl3NO.C11H12ClNO4/c1-5-10(13)6-3-7(12)9(16-2)4-8(6)15-11(5)14;1-6(11(15)16)10(14)13-7-3-4-8(12)9(5-7)17-2/h3-4H,1-2H3;3-6H,1-2H3,(H,13,14)(H,15,16). The molecule has 2 N–H and O–H groups in total. The summed E-state index contributed by atoms with van der Waals surface area (Å²) >= 11 is 24.0. The highest BCUT2D eigenvalue weighted by molar-refractivity contribution is 6.40. The number of ether oxygens (including phenoxy) is 2. The van der Waals surface area contributed by atoms with Crippen LogP contribution in [0.4, 0.5) is 5.69 Å². The van der Waals surface area contributed by atoms with Gasteiger partial charge >= 0.3 is 5.97 Å². The van der Waals surface area contributed by atoms with Gasteiger partial charge in [-0.05, 0) is 32.0 Å². The van der Waals surface area contributed by atoms with E-state index in [0.717, 1.165) is 10.9 Å². The van der Waals surface area contributed by atoms with E-state index in [9.17, 15) is 9.59 Å². The molecular formula is C22H20Cl4N2O5. The van der Waals surface area contributed by atoms with E-state index in [4.69, 9.17) is 61.0 Å². The minimum Gasteiger partial charge on any atom is -0.495 e. The van der Waals surface area contributed by atoms with Gasteiger partial charge in [-0.1, -0.05) is 46.4 Å². The van der Waals surface area contributed by atoms with Crippen molar-refractivity contribution in [3.8, 4) is 11.5 Å². The first-order valence-electron chi connectivity index (χ1n) is 9.36. The van der Waals surface area contributed by atoms with Crippen LogP contribution in [0.1, 0.15) is 12.5 Å². The first-order valence-corrected chi connectivity index (χ1v) is 10.9. The molecule has 176 valence electrons. The lowest BCUT2D eigenvalue weighted by Crippen LogP contribution is -2.26. The summed E-state index contributed by atoms with van der Waals surface area (Å²) in [7, 11) is 3.00. The van der Waals surface area contributed by atoms with Crippen molar-refractivity contribution < 1.29 is 24.2 Å². The van der Waals surface area contributed by atoms with Crippen molar-refractivity contribution >= 4 is 74.9 Å². The lowest BCUT2D eigenvalue weighted by atomic mass is 10.1. The molecule has 0 aliphatic heterocycles. The predicted molar refractivity (Wildman–Crippen MR) is 131 cm³/mol. The number of methoxy groups -OCH3 is 2. The van der Waals surface area contributed by atoms with Crippen molar-refractivity contribution in [1.82, 2.24) is 4.98 Å². The molecule has 0 fully saturated rings. The number of nitrogens with one attached hydrogen (secondary N) is 1. The Bertz CT molecular complexity index is 1200. The molecule has 1 amide bonds. The number of carbonyl (C=O) groups excluding carboxylic acids is 1. The summed E-state index contributed by atoms with van der Waals surface area (Å²) in [5.41, 5.74) is 1.85. The van der Waals surface area contributed by atoms with Crippen molar-refractivity contribution in [2.24, 2.45) is 5.92 Å². The topological polar surface area (TPSA) is 97.8 Å². The number of rotatable bonds is 5. The number of aliphatic carboxylic acids is 1. The molecule has 7 nitrogen and oxygen atoms in total. The minimum absolute atomic E-state index is 0.391. The highest BCUT2D eigenvalue weighted by Crippen LogP contribution is 2.36. The van der Waals surface area contributed by atoms with Crippen molar-refractivity contribution in [3.05, 3.63) is 56.1 Å². The molecule has 2 aromatic carbocycles. The second kappa shape index (κ2) is 11.6. The Balaban J connectivity index is 0.000000234. The molecule has 1 heterocycles. The van der Waals surface area contributed by atoms with Crippen LogP contribution in [0.15, 0.2) is 30.3 Å². The molecular weight excluding hydrogens is 514 g/mol. The van der Waals surface area contributed by atoms with Crippen LogP contribution in [-0.4, -0.2) is 36.2 Å². The number of amides is 1. The van der Waals surface area contributed by atoms with Crippen molar-refractivity contribution in [2.45, 2.75) is 13.8 Å². The summed E-state index contributed by atoms with van der Waals surface area (Å²) < 4.78 is 10.1. The van der Waals surface area contributed by atoms with Gasteiger partial charge in [-0.25, -0.2) is 4.98 Å². The first kappa shape index (κ1) is 26.8. The number of fused-ring (bicyclic) bond motifs is 1. The summed E-state index contributed by atoms with van der Waals surface area (Å²) in [5.74, 6) is -1.92. The minimum atomic E-state index is -1.18. The van der Waals surface area contributed by atoms with Gasteiger partial charge in [0, 0.05) is 28.8 Å². The number of carbonyl (C=O) groups is 2. The second-order valence-electron chi connectivity index (χ2n) is 6.74. The number of halogens is 4. The van der Waals surface area contributed by atoms with Gasteiger partial charge in [0.2, 0.25) is 5.91 Å². The summed E-state index contributed by atoms with van der Waals surface area (Å²) in [4.78, 5) is 26.3. The average Bonchev–Trinajstić information content (AvgIpc) is 2.78. The van der Waals surface area contributed by atoms with E-state index >= 15 is 0 Å². The third-order valence-electron chi connectivity index (χ3n) is 4.55. The molecule has 0 bridgehead atoms. The fraction of sp³-hybridized carbons (Fsp3) is 0.227. The number of aromatic nitrogens is 1. The van der Waals surface area contributed by atoms with Gasteiger partial charge in [0.05, 0.1) is 34.8 Å². The molecule has 1 unspecified atom stereocenters. The molecule has 0 radical (unpaired) electrons. The number of hydrogen-bond donors (Lipinski definition) is 2. The van der Waals surface area contributed by atoms with Gasteiger partial charge in [0.1, 0.15) is 22.6 Å². The molecule has 0 spiro atoms. The van der Waals surface area contributed by atoms with E-state index < -0.39 is 17.8 Å². The van der Waals surface area contributed by atoms with Crippen LogP contribution in [0.5, 0.6) is 11.5 Å². The number of nitrogens with zero attached hydrogens (tertiary/aromatic N) is 1. The maximum atomic E-state index is 11.5. The third-order valence-corrected chi connectivity index (χ3v) is 6.01. The average molecular weight is 534 g/mol. The van der Waals surface area contributed by atoms with Crippen LogP contribution in [0.3, 0.4) is 0 Å². The zero-order chi connectivity index (χ0) is 24.9. The van der Waals surface area contributed by atoms with Gasteiger partial charge in [-0.15, -0.1) is 0 Å². The molecule has 0 aliphatic rings.